The van der Waals surface area contributed by atoms with Crippen molar-refractivity contribution in [3.05, 3.63) is 90.0 Å². The maximum atomic E-state index is 9.44. The van der Waals surface area contributed by atoms with Crippen LogP contribution in [0, 0.1) is 22.7 Å². The van der Waals surface area contributed by atoms with Crippen molar-refractivity contribution in [1.82, 2.24) is 0 Å². The Balaban J connectivity index is 2.68. The number of allylic oxidation sites excluding steroid dienone is 4. The van der Waals surface area contributed by atoms with Gasteiger partial charge in [-0.2, -0.15) is 10.5 Å². The Labute approximate surface area is 136 Å². The predicted octanol–water partition coefficient (Wildman–Crippen LogP) is 5.29. The van der Waals surface area contributed by atoms with Gasteiger partial charge < -0.3 is 0 Å². The zero-order chi connectivity index (χ0) is 16.8. The summed E-state index contributed by atoms with van der Waals surface area (Å²) in [6, 6.07) is 21.9. The summed E-state index contributed by atoms with van der Waals surface area (Å²) in [6.45, 7) is 9.39. The van der Waals surface area contributed by atoms with E-state index in [0.29, 0.717) is 16.7 Å². The maximum absolute atomic E-state index is 9.44. The van der Waals surface area contributed by atoms with E-state index in [1.165, 1.54) is 0 Å². The minimum atomic E-state index is 0.259. The smallest absolute Gasteiger partial charge is 0.100 e. The third kappa shape index (κ3) is 3.46. The zero-order valence-electron chi connectivity index (χ0n) is 13.0. The lowest BCUT2D eigenvalue weighted by Crippen LogP contribution is -1.95. The molecule has 2 heteroatoms. The molecule has 110 valence electrons. The van der Waals surface area contributed by atoms with Crippen LogP contribution in [0.3, 0.4) is 0 Å². The number of rotatable bonds is 4. The molecule has 0 aliphatic heterocycles. The molecule has 0 unspecified atom stereocenters. The van der Waals surface area contributed by atoms with Crippen molar-refractivity contribution in [3.8, 4) is 23.3 Å². The highest BCUT2D eigenvalue weighted by Gasteiger charge is 2.14. The van der Waals surface area contributed by atoms with Gasteiger partial charge in [0.05, 0.1) is 17.2 Å². The summed E-state index contributed by atoms with van der Waals surface area (Å²) in [7, 11) is 0. The predicted molar refractivity (Wildman–Crippen MR) is 94.0 cm³/mol. The van der Waals surface area contributed by atoms with Crippen molar-refractivity contribution in [2.45, 2.75) is 6.92 Å². The van der Waals surface area contributed by atoms with E-state index < -0.39 is 0 Å². The molecule has 0 aromatic heterocycles. The van der Waals surface area contributed by atoms with E-state index in [0.717, 1.165) is 16.7 Å². The molecule has 2 nitrogen and oxygen atoms in total. The van der Waals surface area contributed by atoms with Crippen LogP contribution >= 0.6 is 0 Å². The molecule has 2 aromatic rings. The third-order valence-corrected chi connectivity index (χ3v) is 3.48. The molecule has 0 bridgehead atoms. The highest BCUT2D eigenvalue weighted by Crippen LogP contribution is 2.31. The topological polar surface area (TPSA) is 47.6 Å². The molecule has 0 aliphatic rings. The summed E-state index contributed by atoms with van der Waals surface area (Å²) in [5, 5.41) is 18.7. The molecule has 0 saturated heterocycles. The van der Waals surface area contributed by atoms with Gasteiger partial charge in [0.1, 0.15) is 6.07 Å². The normalized spacial score (nSPS) is 10.9. The molecule has 0 saturated carbocycles. The fraction of sp³-hybridized carbons (Fsp3) is 0.0476. The number of nitriles is 2. The first-order chi connectivity index (χ1) is 11.1. The van der Waals surface area contributed by atoms with Crippen LogP contribution in [0.25, 0.3) is 16.7 Å². The standard InChI is InChI=1S/C21H16N2/c1-15(2)20(14-23)21(16(3)13-22)19-11-7-10-18(12-19)17-8-5-4-6-9-17/h4-12H,1,3H2,2H3/b21-20+. The number of hydrogen-bond acceptors (Lipinski definition) is 2. The fourth-order valence-corrected chi connectivity index (χ4v) is 2.37. The molecule has 0 N–H and O–H groups in total. The molecule has 0 fully saturated rings. The van der Waals surface area contributed by atoms with Gasteiger partial charge in [-0.25, -0.2) is 0 Å². The quantitative estimate of drug-likeness (QED) is 0.568. The Morgan fingerprint density at radius 3 is 2.09 bits per heavy atom. The van der Waals surface area contributed by atoms with Gasteiger partial charge in [-0.1, -0.05) is 61.7 Å². The summed E-state index contributed by atoms with van der Waals surface area (Å²) >= 11 is 0. The third-order valence-electron chi connectivity index (χ3n) is 3.48. The molecule has 0 radical (unpaired) electrons. The van der Waals surface area contributed by atoms with Gasteiger partial charge in [0.2, 0.25) is 0 Å². The van der Waals surface area contributed by atoms with E-state index in [2.05, 4.69) is 19.2 Å². The fourth-order valence-electron chi connectivity index (χ4n) is 2.37. The monoisotopic (exact) mass is 296 g/mol. The van der Waals surface area contributed by atoms with Crippen molar-refractivity contribution in [3.63, 3.8) is 0 Å². The van der Waals surface area contributed by atoms with Crippen LogP contribution < -0.4 is 0 Å². The van der Waals surface area contributed by atoms with Crippen molar-refractivity contribution in [2.24, 2.45) is 0 Å². The summed E-state index contributed by atoms with van der Waals surface area (Å²) in [4.78, 5) is 0. The van der Waals surface area contributed by atoms with E-state index in [-0.39, 0.29) is 5.57 Å². The second kappa shape index (κ2) is 7.07. The Morgan fingerprint density at radius 2 is 1.52 bits per heavy atom. The van der Waals surface area contributed by atoms with E-state index in [9.17, 15) is 10.5 Å². The Hall–Kier alpha value is -3.36. The number of nitrogens with zero attached hydrogens (tertiary/aromatic N) is 2. The summed E-state index contributed by atoms with van der Waals surface area (Å²) < 4.78 is 0. The van der Waals surface area contributed by atoms with Crippen LogP contribution in [0.1, 0.15) is 12.5 Å². The van der Waals surface area contributed by atoms with Crippen LogP contribution in [0.2, 0.25) is 0 Å². The van der Waals surface area contributed by atoms with Crippen molar-refractivity contribution >= 4 is 5.57 Å². The minimum absolute atomic E-state index is 0.259. The summed E-state index contributed by atoms with van der Waals surface area (Å²) in [6.07, 6.45) is 0. The van der Waals surface area contributed by atoms with Crippen LogP contribution in [0.15, 0.2) is 84.5 Å². The van der Waals surface area contributed by atoms with Gasteiger partial charge >= 0.3 is 0 Å². The Morgan fingerprint density at radius 1 is 0.870 bits per heavy atom. The van der Waals surface area contributed by atoms with Crippen molar-refractivity contribution in [1.29, 1.82) is 10.5 Å². The lowest BCUT2D eigenvalue weighted by atomic mass is 9.90. The molecule has 0 atom stereocenters. The number of benzene rings is 2. The van der Waals surface area contributed by atoms with Gasteiger partial charge in [-0.3, -0.25) is 0 Å². The number of hydrogen-bond donors (Lipinski definition) is 0. The van der Waals surface area contributed by atoms with E-state index >= 15 is 0 Å². The van der Waals surface area contributed by atoms with Crippen LogP contribution in [-0.2, 0) is 0 Å². The molecular weight excluding hydrogens is 280 g/mol. The van der Waals surface area contributed by atoms with Crippen LogP contribution in [-0.4, -0.2) is 0 Å². The Bertz CT molecular complexity index is 872. The van der Waals surface area contributed by atoms with Crippen molar-refractivity contribution < 1.29 is 0 Å². The van der Waals surface area contributed by atoms with Gasteiger partial charge in [0, 0.05) is 5.57 Å². The molecule has 23 heavy (non-hydrogen) atoms. The molecule has 0 spiro atoms. The van der Waals surface area contributed by atoms with Crippen LogP contribution in [0.4, 0.5) is 0 Å². The SMILES string of the molecule is C=C(C)/C(C#N)=C(\C(=C)C#N)c1cccc(-c2ccccc2)c1. The second-order valence-electron chi connectivity index (χ2n) is 5.18. The van der Waals surface area contributed by atoms with E-state index in [4.69, 9.17) is 0 Å². The average molecular weight is 296 g/mol. The first-order valence-electron chi connectivity index (χ1n) is 7.14. The highest BCUT2D eigenvalue weighted by molar-refractivity contribution is 5.89. The lowest BCUT2D eigenvalue weighted by Gasteiger charge is -2.11. The molecule has 2 aromatic carbocycles. The van der Waals surface area contributed by atoms with Crippen LogP contribution in [0.5, 0.6) is 0 Å². The molecular formula is C21H16N2. The molecule has 2 rings (SSSR count). The van der Waals surface area contributed by atoms with E-state index in [1.54, 1.807) is 6.92 Å². The lowest BCUT2D eigenvalue weighted by molar-refractivity contribution is 1.40. The van der Waals surface area contributed by atoms with Gasteiger partial charge in [-0.05, 0) is 35.3 Å². The van der Waals surface area contributed by atoms with E-state index in [1.807, 2.05) is 60.7 Å². The minimum Gasteiger partial charge on any atom is -0.192 e. The second-order valence-corrected chi connectivity index (χ2v) is 5.18. The van der Waals surface area contributed by atoms with Gasteiger partial charge in [-0.15, -0.1) is 0 Å². The largest absolute Gasteiger partial charge is 0.192 e. The molecule has 0 heterocycles. The summed E-state index contributed by atoms with van der Waals surface area (Å²) in [5.41, 5.74) is 4.69. The zero-order valence-corrected chi connectivity index (χ0v) is 13.0. The molecule has 0 amide bonds. The highest BCUT2D eigenvalue weighted by atomic mass is 14.3. The summed E-state index contributed by atoms with van der Waals surface area (Å²) in [5.74, 6) is 0. The molecule has 0 aliphatic carbocycles. The first kappa shape index (κ1) is 16.0. The van der Waals surface area contributed by atoms with Gasteiger partial charge in [0.25, 0.3) is 0 Å². The first-order valence-corrected chi connectivity index (χ1v) is 7.14. The Kier molecular flexibility index (Phi) is 4.92. The maximum Gasteiger partial charge on any atom is 0.100 e. The average Bonchev–Trinajstić information content (AvgIpc) is 2.59. The van der Waals surface area contributed by atoms with Crippen molar-refractivity contribution in [2.75, 3.05) is 0 Å². The van der Waals surface area contributed by atoms with Gasteiger partial charge in [0.15, 0.2) is 0 Å².